The predicted octanol–water partition coefficient (Wildman–Crippen LogP) is 7.70. The Morgan fingerprint density at radius 2 is 2.02 bits per heavy atom. The SMILES string of the molecule is CCOC(=O)/C=C/c1cccc(C2CCS(=O)CCSCCc3c(c(F)cc4[nH]ccc34)Oc3ccc(F)c(c3)-c3ccn2n3)c1. The van der Waals surface area contributed by atoms with Crippen molar-refractivity contribution < 1.29 is 27.3 Å². The summed E-state index contributed by atoms with van der Waals surface area (Å²) in [4.78, 5) is 14.9. The lowest BCUT2D eigenvalue weighted by molar-refractivity contribution is -0.137. The molecule has 0 aliphatic carbocycles. The molecule has 0 amide bonds. The Balaban J connectivity index is 1.38. The molecule has 0 radical (unpaired) electrons. The van der Waals surface area contributed by atoms with Crippen molar-refractivity contribution in [3.63, 3.8) is 0 Å². The number of aromatic nitrogens is 3. The summed E-state index contributed by atoms with van der Waals surface area (Å²) < 4.78 is 56.7. The number of nitrogens with zero attached hydrogens (tertiary/aromatic N) is 2. The molecule has 0 saturated carbocycles. The van der Waals surface area contributed by atoms with Gasteiger partial charge < -0.3 is 14.5 Å². The molecule has 6 rings (SSSR count). The molecule has 7 nitrogen and oxygen atoms in total. The Kier molecular flexibility index (Phi) is 9.99. The first-order valence-electron chi connectivity index (χ1n) is 15.1. The van der Waals surface area contributed by atoms with Crippen LogP contribution in [0.3, 0.4) is 0 Å². The quantitative estimate of drug-likeness (QED) is 0.157. The van der Waals surface area contributed by atoms with Crippen LogP contribution in [-0.2, 0) is 26.8 Å². The third-order valence-corrected chi connectivity index (χ3v) is 10.4. The number of aromatic amines is 1. The first-order valence-corrected chi connectivity index (χ1v) is 17.7. The van der Waals surface area contributed by atoms with Crippen molar-refractivity contribution in [3.05, 3.63) is 107 Å². The summed E-state index contributed by atoms with van der Waals surface area (Å²) in [5, 5.41) is 5.63. The molecule has 0 spiro atoms. The molecule has 1 aliphatic heterocycles. The molecule has 2 aromatic heterocycles. The third-order valence-electron chi connectivity index (χ3n) is 7.79. The molecule has 0 fully saturated rings. The van der Waals surface area contributed by atoms with Gasteiger partial charge in [-0.05, 0) is 79.1 Å². The van der Waals surface area contributed by atoms with Gasteiger partial charge in [0, 0.05) is 74.6 Å². The van der Waals surface area contributed by atoms with Crippen molar-refractivity contribution in [2.24, 2.45) is 0 Å². The van der Waals surface area contributed by atoms with E-state index >= 15 is 8.78 Å². The molecule has 1 aliphatic rings. The molecule has 3 aromatic carbocycles. The van der Waals surface area contributed by atoms with E-state index in [4.69, 9.17) is 14.6 Å². The fourth-order valence-electron chi connectivity index (χ4n) is 5.57. The Bertz CT molecular complexity index is 1920. The Hall–Kier alpha value is -4.22. The maximum atomic E-state index is 15.4. The van der Waals surface area contributed by atoms with E-state index in [9.17, 15) is 9.00 Å². The van der Waals surface area contributed by atoms with E-state index < -0.39 is 28.4 Å². The highest BCUT2D eigenvalue weighted by Gasteiger charge is 2.21. The molecule has 1 N–H and O–H groups in total. The van der Waals surface area contributed by atoms with Crippen LogP contribution in [-0.4, -0.2) is 54.6 Å². The van der Waals surface area contributed by atoms with Crippen molar-refractivity contribution >= 4 is 45.5 Å². The van der Waals surface area contributed by atoms with Gasteiger partial charge in [0.25, 0.3) is 0 Å². The summed E-state index contributed by atoms with van der Waals surface area (Å²) in [6.07, 6.45) is 7.69. The Morgan fingerprint density at radius 1 is 1.13 bits per heavy atom. The maximum Gasteiger partial charge on any atom is 0.330 e. The number of ether oxygens (including phenoxy) is 2. The minimum Gasteiger partial charge on any atom is -0.463 e. The number of rotatable bonds is 4. The van der Waals surface area contributed by atoms with E-state index in [1.54, 1.807) is 47.9 Å². The lowest BCUT2D eigenvalue weighted by Crippen LogP contribution is -2.16. The summed E-state index contributed by atoms with van der Waals surface area (Å²) in [5.74, 6) is 1.32. The van der Waals surface area contributed by atoms with E-state index in [0.29, 0.717) is 59.4 Å². The largest absolute Gasteiger partial charge is 0.463 e. The van der Waals surface area contributed by atoms with Gasteiger partial charge in [-0.2, -0.15) is 16.9 Å². The summed E-state index contributed by atoms with van der Waals surface area (Å²) in [6.45, 7) is 2.04. The van der Waals surface area contributed by atoms with Gasteiger partial charge in [0.15, 0.2) is 11.6 Å². The van der Waals surface area contributed by atoms with Gasteiger partial charge in [-0.1, -0.05) is 18.2 Å². The highest BCUT2D eigenvalue weighted by atomic mass is 32.2. The number of H-pyrrole nitrogens is 1. The van der Waals surface area contributed by atoms with Crippen LogP contribution in [0.15, 0.2) is 79.1 Å². The van der Waals surface area contributed by atoms with Crippen molar-refractivity contribution in [2.75, 3.05) is 29.6 Å². The van der Waals surface area contributed by atoms with Crippen LogP contribution in [0.1, 0.15) is 36.1 Å². The molecule has 238 valence electrons. The lowest BCUT2D eigenvalue weighted by Gasteiger charge is -2.19. The minimum absolute atomic E-state index is 0.109. The number of halogens is 2. The smallest absolute Gasteiger partial charge is 0.330 e. The van der Waals surface area contributed by atoms with Crippen LogP contribution in [0.25, 0.3) is 28.2 Å². The summed E-state index contributed by atoms with van der Waals surface area (Å²) in [6, 6.07) is 16.7. The lowest BCUT2D eigenvalue weighted by atomic mass is 10.0. The summed E-state index contributed by atoms with van der Waals surface area (Å²) in [7, 11) is -1.09. The van der Waals surface area contributed by atoms with Crippen molar-refractivity contribution in [2.45, 2.75) is 25.8 Å². The van der Waals surface area contributed by atoms with Crippen molar-refractivity contribution in [1.82, 2.24) is 14.8 Å². The number of nitrogens with one attached hydrogen (secondary N) is 1. The van der Waals surface area contributed by atoms with Crippen LogP contribution in [0.4, 0.5) is 8.78 Å². The van der Waals surface area contributed by atoms with Crippen molar-refractivity contribution in [3.8, 4) is 22.8 Å². The summed E-state index contributed by atoms with van der Waals surface area (Å²) in [5.41, 5.74) is 3.70. The molecule has 46 heavy (non-hydrogen) atoms. The molecule has 2 atom stereocenters. The number of hydrogen-bond donors (Lipinski definition) is 1. The fourth-order valence-corrected chi connectivity index (χ4v) is 8.03. The van der Waals surface area contributed by atoms with Gasteiger partial charge in [-0.3, -0.25) is 8.89 Å². The zero-order chi connectivity index (χ0) is 32.0. The van der Waals surface area contributed by atoms with E-state index in [2.05, 4.69) is 4.98 Å². The number of carbonyl (C=O) groups is 1. The molecular formula is C35H33F2N3O4S2. The molecular weight excluding hydrogens is 629 g/mol. The highest BCUT2D eigenvalue weighted by molar-refractivity contribution is 8.00. The maximum absolute atomic E-state index is 15.4. The summed E-state index contributed by atoms with van der Waals surface area (Å²) >= 11 is 1.67. The number of aryl methyl sites for hydroxylation is 1. The van der Waals surface area contributed by atoms with E-state index in [0.717, 1.165) is 22.1 Å². The van der Waals surface area contributed by atoms with Crippen LogP contribution in [0.2, 0.25) is 0 Å². The van der Waals surface area contributed by atoms with E-state index in [-0.39, 0.29) is 17.4 Å². The first-order chi connectivity index (χ1) is 22.4. The van der Waals surface area contributed by atoms with Crippen LogP contribution in [0.5, 0.6) is 11.5 Å². The molecule has 4 bridgehead atoms. The monoisotopic (exact) mass is 661 g/mol. The highest BCUT2D eigenvalue weighted by Crippen LogP contribution is 2.37. The Morgan fingerprint density at radius 3 is 2.89 bits per heavy atom. The standard InChI is InChI=1S/C35H33F2N3O4S2/c1-2-43-34(41)9-6-23-4-3-5-24(20-23)33-13-18-46(42)19-17-45-16-12-27-26-10-14-38-32(26)22-30(37)35(27)44-25-7-8-29(36)28(21-25)31-11-15-40(33)39-31/h3-11,14-15,20-22,33,38H,2,12-13,16-19H2,1H3/b9-6+. The zero-order valence-electron chi connectivity index (χ0n) is 25.2. The second-order valence-electron chi connectivity index (χ2n) is 10.8. The number of hydrogen-bond acceptors (Lipinski definition) is 6. The number of carbonyl (C=O) groups excluding carboxylic acids is 1. The topological polar surface area (TPSA) is 86.2 Å². The molecule has 0 saturated heterocycles. The van der Waals surface area contributed by atoms with Gasteiger partial charge in [0.1, 0.15) is 11.6 Å². The Labute approximate surface area is 272 Å². The van der Waals surface area contributed by atoms with Gasteiger partial charge in [-0.25, -0.2) is 13.6 Å². The fraction of sp³-hybridized carbons (Fsp3) is 0.257. The number of thioether (sulfide) groups is 1. The number of fused-ring (bicyclic) bond motifs is 8. The van der Waals surface area contributed by atoms with Crippen LogP contribution in [0, 0.1) is 11.6 Å². The number of esters is 1. The van der Waals surface area contributed by atoms with Crippen molar-refractivity contribution in [1.29, 1.82) is 0 Å². The average molecular weight is 662 g/mol. The van der Waals surface area contributed by atoms with E-state index in [1.807, 2.05) is 30.3 Å². The van der Waals surface area contributed by atoms with Gasteiger partial charge in [0.2, 0.25) is 0 Å². The third kappa shape index (κ3) is 7.26. The van der Waals surface area contributed by atoms with Gasteiger partial charge in [-0.15, -0.1) is 0 Å². The van der Waals surface area contributed by atoms with Gasteiger partial charge in [0.05, 0.1) is 18.3 Å². The predicted molar refractivity (Wildman–Crippen MR) is 180 cm³/mol. The normalized spacial score (nSPS) is 17.6. The molecule has 2 unspecified atom stereocenters. The van der Waals surface area contributed by atoms with Gasteiger partial charge >= 0.3 is 5.97 Å². The average Bonchev–Trinajstić information content (AvgIpc) is 3.72. The number of benzene rings is 3. The second-order valence-corrected chi connectivity index (χ2v) is 13.7. The second kappa shape index (κ2) is 14.5. The van der Waals surface area contributed by atoms with Crippen LogP contribution < -0.4 is 4.74 Å². The minimum atomic E-state index is -1.09. The first kappa shape index (κ1) is 31.7. The van der Waals surface area contributed by atoms with Crippen LogP contribution >= 0.6 is 11.8 Å². The molecule has 11 heteroatoms. The molecule has 5 aromatic rings. The zero-order valence-corrected chi connectivity index (χ0v) is 26.8. The molecule has 3 heterocycles. The van der Waals surface area contributed by atoms with E-state index in [1.165, 1.54) is 30.3 Å².